The van der Waals surface area contributed by atoms with E-state index in [-0.39, 0.29) is 18.0 Å². The van der Waals surface area contributed by atoms with Crippen molar-refractivity contribution in [2.45, 2.75) is 24.3 Å². The van der Waals surface area contributed by atoms with E-state index in [0.717, 1.165) is 0 Å². The molecule has 0 saturated carbocycles. The Balaban J connectivity index is 2.91. The van der Waals surface area contributed by atoms with Crippen LogP contribution in [0.2, 0.25) is 5.02 Å². The highest BCUT2D eigenvalue weighted by Crippen LogP contribution is 2.22. The summed E-state index contributed by atoms with van der Waals surface area (Å²) in [6, 6.07) is 4.66. The Morgan fingerprint density at radius 3 is 2.68 bits per heavy atom. The van der Waals surface area contributed by atoms with Gasteiger partial charge in [0, 0.05) is 18.7 Å². The number of aliphatic hydroxyl groups is 1. The van der Waals surface area contributed by atoms with Crippen molar-refractivity contribution < 1.29 is 18.3 Å². The van der Waals surface area contributed by atoms with Gasteiger partial charge in [-0.3, -0.25) is 0 Å². The van der Waals surface area contributed by atoms with Crippen LogP contribution >= 0.6 is 11.6 Å². The van der Waals surface area contributed by atoms with Gasteiger partial charge in [-0.1, -0.05) is 17.7 Å². The summed E-state index contributed by atoms with van der Waals surface area (Å²) in [6.45, 7) is 3.01. The second-order valence-corrected chi connectivity index (χ2v) is 6.76. The van der Waals surface area contributed by atoms with Crippen LogP contribution in [0.4, 0.5) is 0 Å². The average Bonchev–Trinajstić information content (AvgIpc) is 2.30. The maximum atomic E-state index is 12.1. The molecule has 0 fully saturated rings. The lowest BCUT2D eigenvalue weighted by atomic mass is 10.1. The third kappa shape index (κ3) is 4.43. The summed E-state index contributed by atoms with van der Waals surface area (Å²) in [6.07, 6.45) is 0. The number of benzene rings is 1. The van der Waals surface area contributed by atoms with Gasteiger partial charge in [-0.15, -0.1) is 0 Å². The van der Waals surface area contributed by atoms with Gasteiger partial charge >= 0.3 is 0 Å². The molecule has 0 aromatic heterocycles. The number of nitrogens with one attached hydrogen (secondary N) is 1. The maximum Gasteiger partial charge on any atom is 0.240 e. The van der Waals surface area contributed by atoms with E-state index in [0.29, 0.717) is 10.6 Å². The molecule has 7 heteroatoms. The van der Waals surface area contributed by atoms with Gasteiger partial charge in [0.25, 0.3) is 0 Å². The third-order valence-corrected chi connectivity index (χ3v) is 4.56. The molecular weight excluding hydrogens is 290 g/mol. The number of sulfonamides is 1. The van der Waals surface area contributed by atoms with Crippen LogP contribution in [0.15, 0.2) is 23.1 Å². The lowest BCUT2D eigenvalue weighted by Crippen LogP contribution is -2.43. The van der Waals surface area contributed by atoms with Gasteiger partial charge in [-0.25, -0.2) is 13.1 Å². The smallest absolute Gasteiger partial charge is 0.240 e. The zero-order valence-electron chi connectivity index (χ0n) is 11.1. The zero-order valence-corrected chi connectivity index (χ0v) is 12.7. The Labute approximate surface area is 118 Å². The van der Waals surface area contributed by atoms with Crippen LogP contribution in [0.3, 0.4) is 0 Å². The van der Waals surface area contributed by atoms with Crippen LogP contribution in [0, 0.1) is 6.92 Å². The fraction of sp³-hybridized carbons (Fsp3) is 0.500. The fourth-order valence-electron chi connectivity index (χ4n) is 1.57. The topological polar surface area (TPSA) is 75.6 Å². The molecule has 1 rings (SSSR count). The maximum absolute atomic E-state index is 12.1. The van der Waals surface area contributed by atoms with Crippen molar-refractivity contribution in [1.29, 1.82) is 0 Å². The quantitative estimate of drug-likeness (QED) is 0.831. The molecule has 0 spiro atoms. The second-order valence-electron chi connectivity index (χ2n) is 4.62. The molecule has 0 saturated heterocycles. The van der Waals surface area contributed by atoms with Crippen molar-refractivity contribution in [2.24, 2.45) is 0 Å². The summed E-state index contributed by atoms with van der Waals surface area (Å²) < 4.78 is 31.4. The summed E-state index contributed by atoms with van der Waals surface area (Å²) in [5.41, 5.74) is -0.794. The summed E-state index contributed by atoms with van der Waals surface area (Å²) in [7, 11) is -2.28. The lowest BCUT2D eigenvalue weighted by molar-refractivity contribution is -0.0119. The molecule has 1 aromatic rings. The molecule has 0 aliphatic heterocycles. The molecule has 108 valence electrons. The van der Waals surface area contributed by atoms with E-state index in [2.05, 4.69) is 4.72 Å². The molecule has 2 N–H and O–H groups in total. The van der Waals surface area contributed by atoms with Crippen LogP contribution in [-0.4, -0.2) is 39.4 Å². The molecule has 5 nitrogen and oxygen atoms in total. The van der Waals surface area contributed by atoms with E-state index < -0.39 is 15.6 Å². The van der Waals surface area contributed by atoms with Gasteiger partial charge in [0.05, 0.1) is 17.1 Å². The first kappa shape index (κ1) is 16.4. The molecule has 1 aromatic carbocycles. The van der Waals surface area contributed by atoms with Crippen molar-refractivity contribution >= 4 is 21.6 Å². The predicted molar refractivity (Wildman–Crippen MR) is 73.9 cm³/mol. The van der Waals surface area contributed by atoms with E-state index in [1.807, 2.05) is 0 Å². The number of hydrogen-bond donors (Lipinski definition) is 2. The SMILES string of the molecule is COCC(C)(O)CNS(=O)(=O)c1cccc(Cl)c1C. The molecule has 0 radical (unpaired) electrons. The molecule has 19 heavy (non-hydrogen) atoms. The van der Waals surface area contributed by atoms with Crippen molar-refractivity contribution in [2.75, 3.05) is 20.3 Å². The highest BCUT2D eigenvalue weighted by Gasteiger charge is 2.25. The molecule has 1 unspecified atom stereocenters. The Bertz CT molecular complexity index is 543. The number of methoxy groups -OCH3 is 1. The normalized spacial score (nSPS) is 15.2. The van der Waals surface area contributed by atoms with Gasteiger partial charge in [-0.2, -0.15) is 0 Å². The molecule has 0 aliphatic rings. The zero-order chi connectivity index (χ0) is 14.7. The van der Waals surface area contributed by atoms with Crippen molar-refractivity contribution in [3.63, 3.8) is 0 Å². The highest BCUT2D eigenvalue weighted by molar-refractivity contribution is 7.89. The largest absolute Gasteiger partial charge is 0.386 e. The Morgan fingerprint density at radius 2 is 2.11 bits per heavy atom. The van der Waals surface area contributed by atoms with Crippen LogP contribution in [0.5, 0.6) is 0 Å². The van der Waals surface area contributed by atoms with Crippen LogP contribution in [0.1, 0.15) is 12.5 Å². The van der Waals surface area contributed by atoms with E-state index in [4.69, 9.17) is 16.3 Å². The number of hydrogen-bond acceptors (Lipinski definition) is 4. The number of rotatable bonds is 6. The van der Waals surface area contributed by atoms with Gasteiger partial charge in [0.1, 0.15) is 0 Å². The first-order valence-corrected chi connectivity index (χ1v) is 7.52. The predicted octanol–water partition coefficient (Wildman–Crippen LogP) is 1.32. The third-order valence-electron chi connectivity index (χ3n) is 2.61. The molecule has 0 heterocycles. The minimum absolute atomic E-state index is 0.0318. The summed E-state index contributed by atoms with van der Waals surface area (Å²) in [5, 5.41) is 10.3. The minimum Gasteiger partial charge on any atom is -0.386 e. The van der Waals surface area contributed by atoms with Gasteiger partial charge in [0.15, 0.2) is 0 Å². The Morgan fingerprint density at radius 1 is 1.47 bits per heavy atom. The van der Waals surface area contributed by atoms with Crippen molar-refractivity contribution in [1.82, 2.24) is 4.72 Å². The van der Waals surface area contributed by atoms with Crippen LogP contribution < -0.4 is 4.72 Å². The molecule has 0 amide bonds. The minimum atomic E-state index is -3.71. The standard InChI is InChI=1S/C12H18ClNO4S/c1-9-10(13)5-4-6-11(9)19(16,17)14-7-12(2,15)8-18-3/h4-6,14-15H,7-8H2,1-3H3. The van der Waals surface area contributed by atoms with Gasteiger partial charge in [-0.05, 0) is 31.5 Å². The van der Waals surface area contributed by atoms with E-state index in [1.165, 1.54) is 20.1 Å². The second kappa shape index (κ2) is 6.19. The molecule has 0 bridgehead atoms. The average molecular weight is 308 g/mol. The van der Waals surface area contributed by atoms with Crippen molar-refractivity contribution in [3.8, 4) is 0 Å². The monoisotopic (exact) mass is 307 g/mol. The van der Waals surface area contributed by atoms with E-state index >= 15 is 0 Å². The molecule has 1 atom stereocenters. The van der Waals surface area contributed by atoms with Crippen molar-refractivity contribution in [3.05, 3.63) is 28.8 Å². The number of halogens is 1. The highest BCUT2D eigenvalue weighted by atomic mass is 35.5. The van der Waals surface area contributed by atoms with E-state index in [9.17, 15) is 13.5 Å². The Hall–Kier alpha value is -0.660. The molecular formula is C12H18ClNO4S. The van der Waals surface area contributed by atoms with Crippen LogP contribution in [-0.2, 0) is 14.8 Å². The summed E-state index contributed by atoms with van der Waals surface area (Å²) in [5.74, 6) is 0. The first-order valence-electron chi connectivity index (χ1n) is 5.66. The number of ether oxygens (including phenoxy) is 1. The first-order chi connectivity index (χ1) is 8.69. The fourth-order valence-corrected chi connectivity index (χ4v) is 3.23. The molecule has 0 aliphatic carbocycles. The van der Waals surface area contributed by atoms with Crippen LogP contribution in [0.25, 0.3) is 0 Å². The summed E-state index contributed by atoms with van der Waals surface area (Å²) >= 11 is 5.90. The summed E-state index contributed by atoms with van der Waals surface area (Å²) in [4.78, 5) is 0.105. The van der Waals surface area contributed by atoms with Gasteiger partial charge < -0.3 is 9.84 Å². The Kier molecular flexibility index (Phi) is 5.34. The van der Waals surface area contributed by atoms with Gasteiger partial charge in [0.2, 0.25) is 10.0 Å². The van der Waals surface area contributed by atoms with E-state index in [1.54, 1.807) is 19.1 Å². The lowest BCUT2D eigenvalue weighted by Gasteiger charge is -2.22.